The summed E-state index contributed by atoms with van der Waals surface area (Å²) in [5.74, 6) is 0.746. The van der Waals surface area contributed by atoms with Crippen LogP contribution in [0.3, 0.4) is 0 Å². The lowest BCUT2D eigenvalue weighted by Crippen LogP contribution is -2.22. The molecule has 148 valence electrons. The molecule has 3 rings (SSSR count). The Hall–Kier alpha value is -3.24. The average molecular weight is 429 g/mol. The van der Waals surface area contributed by atoms with Crippen LogP contribution in [0.25, 0.3) is 6.08 Å². The van der Waals surface area contributed by atoms with Gasteiger partial charge in [-0.25, -0.2) is 0 Å². The van der Waals surface area contributed by atoms with Crippen molar-refractivity contribution < 1.29 is 19.2 Å². The fourth-order valence-electron chi connectivity index (χ4n) is 2.50. The lowest BCUT2D eigenvalue weighted by atomic mass is 10.2. The summed E-state index contributed by atoms with van der Waals surface area (Å²) in [6.07, 6.45) is 3.04. The van der Waals surface area contributed by atoms with E-state index in [1.54, 1.807) is 43.5 Å². The van der Waals surface area contributed by atoms with Gasteiger partial charge < -0.3 is 9.47 Å². The first-order chi connectivity index (χ1) is 13.9. The lowest BCUT2D eigenvalue weighted by molar-refractivity contribution is -0.384. The fourth-order valence-corrected chi connectivity index (χ4v) is 3.67. The predicted octanol–water partition coefficient (Wildman–Crippen LogP) is 3.85. The van der Waals surface area contributed by atoms with Gasteiger partial charge in [-0.15, -0.1) is 0 Å². The Morgan fingerprint density at radius 3 is 2.59 bits per heavy atom. The molecule has 0 unspecified atom stereocenters. The van der Waals surface area contributed by atoms with Gasteiger partial charge >= 0.3 is 0 Å². The van der Waals surface area contributed by atoms with Crippen LogP contribution >= 0.6 is 24.0 Å². The predicted molar refractivity (Wildman–Crippen MR) is 115 cm³/mol. The number of hydrogen-bond acceptors (Lipinski definition) is 8. The zero-order chi connectivity index (χ0) is 21.0. The third-order valence-electron chi connectivity index (χ3n) is 3.88. The number of ether oxygens (including phenoxy) is 2. The minimum absolute atomic E-state index is 0.0623. The van der Waals surface area contributed by atoms with E-state index in [0.717, 1.165) is 22.3 Å². The van der Waals surface area contributed by atoms with Gasteiger partial charge in [0.25, 0.3) is 11.6 Å². The molecule has 0 aromatic heterocycles. The van der Waals surface area contributed by atoms with Crippen LogP contribution in [0, 0.1) is 10.1 Å². The molecule has 29 heavy (non-hydrogen) atoms. The summed E-state index contributed by atoms with van der Waals surface area (Å²) in [5.41, 5.74) is 1.16. The largest absolute Gasteiger partial charge is 0.493 e. The van der Waals surface area contributed by atoms with Crippen LogP contribution in [-0.2, 0) is 4.79 Å². The first-order valence-electron chi connectivity index (χ1n) is 8.21. The summed E-state index contributed by atoms with van der Waals surface area (Å²) in [6.45, 7) is 0. The van der Waals surface area contributed by atoms with E-state index in [1.165, 1.54) is 25.5 Å². The number of benzene rings is 2. The van der Waals surface area contributed by atoms with Crippen molar-refractivity contribution in [3.63, 3.8) is 0 Å². The van der Waals surface area contributed by atoms with Crippen molar-refractivity contribution in [2.75, 3.05) is 14.2 Å². The molecule has 0 spiro atoms. The lowest BCUT2D eigenvalue weighted by Gasteiger charge is -2.08. The zero-order valence-electron chi connectivity index (χ0n) is 15.4. The first-order valence-corrected chi connectivity index (χ1v) is 9.44. The Kier molecular flexibility index (Phi) is 6.25. The SMILES string of the molecule is COc1ccc(/C=C2/SC(=S)N(/N=C/c3cccc([N+](=O)[O-])c3)C2=O)cc1OC. The topological polar surface area (TPSA) is 94.3 Å². The molecular weight excluding hydrogens is 414 g/mol. The van der Waals surface area contributed by atoms with Gasteiger partial charge in [0.15, 0.2) is 15.8 Å². The number of nitro groups is 1. The highest BCUT2D eigenvalue weighted by Gasteiger charge is 2.32. The van der Waals surface area contributed by atoms with E-state index in [4.69, 9.17) is 21.7 Å². The number of carbonyl (C=O) groups excluding carboxylic acids is 1. The van der Waals surface area contributed by atoms with Gasteiger partial charge in [-0.1, -0.05) is 30.0 Å². The summed E-state index contributed by atoms with van der Waals surface area (Å²) in [4.78, 5) is 23.4. The van der Waals surface area contributed by atoms with Crippen molar-refractivity contribution in [1.29, 1.82) is 0 Å². The van der Waals surface area contributed by atoms with Crippen LogP contribution in [0.1, 0.15) is 11.1 Å². The minimum Gasteiger partial charge on any atom is -0.493 e. The van der Waals surface area contributed by atoms with E-state index >= 15 is 0 Å². The molecule has 1 aliphatic heterocycles. The number of thioether (sulfide) groups is 1. The Labute approximate surface area is 175 Å². The van der Waals surface area contributed by atoms with E-state index in [2.05, 4.69) is 5.10 Å². The van der Waals surface area contributed by atoms with Crippen molar-refractivity contribution >= 4 is 52.2 Å². The summed E-state index contributed by atoms with van der Waals surface area (Å²) in [6, 6.07) is 11.2. The molecule has 1 amide bonds. The molecule has 0 aliphatic carbocycles. The number of hydrogen-bond donors (Lipinski definition) is 0. The molecule has 10 heteroatoms. The highest BCUT2D eigenvalue weighted by atomic mass is 32.2. The Bertz CT molecular complexity index is 1050. The standard InChI is InChI=1S/C19H15N3O5S2/c1-26-15-7-6-12(9-16(15)27-2)10-17-18(23)21(19(28)29-17)20-11-13-4-3-5-14(8-13)22(24)25/h3-11H,1-2H3/b17-10+,20-11+. The molecule has 1 heterocycles. The monoisotopic (exact) mass is 429 g/mol. The smallest absolute Gasteiger partial charge is 0.286 e. The van der Waals surface area contributed by atoms with Crippen molar-refractivity contribution in [2.45, 2.75) is 0 Å². The summed E-state index contributed by atoms with van der Waals surface area (Å²) in [7, 11) is 3.08. The van der Waals surface area contributed by atoms with E-state index in [-0.39, 0.29) is 15.9 Å². The number of non-ortho nitro benzene ring substituents is 1. The second-order valence-corrected chi connectivity index (χ2v) is 7.38. The van der Waals surface area contributed by atoms with Gasteiger partial charge in [0, 0.05) is 17.7 Å². The Morgan fingerprint density at radius 1 is 1.14 bits per heavy atom. The maximum atomic E-state index is 12.7. The molecule has 2 aromatic carbocycles. The van der Waals surface area contributed by atoms with Crippen LogP contribution in [0.4, 0.5) is 5.69 Å². The first kappa shape index (κ1) is 20.5. The molecule has 0 N–H and O–H groups in total. The van der Waals surface area contributed by atoms with Crippen molar-refractivity contribution in [3.05, 3.63) is 68.6 Å². The second kappa shape index (κ2) is 8.84. The van der Waals surface area contributed by atoms with Gasteiger partial charge in [-0.2, -0.15) is 10.1 Å². The molecule has 1 aliphatic rings. The van der Waals surface area contributed by atoms with Crippen molar-refractivity contribution in [3.8, 4) is 11.5 Å². The highest BCUT2D eigenvalue weighted by Crippen LogP contribution is 2.34. The van der Waals surface area contributed by atoms with Crippen LogP contribution in [0.5, 0.6) is 11.5 Å². The maximum Gasteiger partial charge on any atom is 0.286 e. The molecule has 0 radical (unpaired) electrons. The summed E-state index contributed by atoms with van der Waals surface area (Å²) in [5, 5.41) is 16.1. The number of amides is 1. The van der Waals surface area contributed by atoms with E-state index in [1.807, 2.05) is 0 Å². The molecule has 1 saturated heterocycles. The number of carbonyl (C=O) groups is 1. The number of methoxy groups -OCH3 is 2. The quantitative estimate of drug-likeness (QED) is 0.226. The maximum absolute atomic E-state index is 12.7. The van der Waals surface area contributed by atoms with Gasteiger partial charge in [-0.3, -0.25) is 14.9 Å². The van der Waals surface area contributed by atoms with Crippen LogP contribution in [0.2, 0.25) is 0 Å². The van der Waals surface area contributed by atoms with Crippen LogP contribution in [0.15, 0.2) is 52.5 Å². The Morgan fingerprint density at radius 2 is 1.90 bits per heavy atom. The van der Waals surface area contributed by atoms with Crippen molar-refractivity contribution in [1.82, 2.24) is 5.01 Å². The number of nitro benzene ring substituents is 1. The molecule has 1 fully saturated rings. The minimum atomic E-state index is -0.497. The average Bonchev–Trinajstić information content (AvgIpc) is 2.99. The number of hydrazone groups is 1. The normalized spacial score (nSPS) is 15.4. The third-order valence-corrected chi connectivity index (χ3v) is 5.16. The highest BCUT2D eigenvalue weighted by molar-refractivity contribution is 8.26. The number of thiocarbonyl (C=S) groups is 1. The molecule has 0 atom stereocenters. The third kappa shape index (κ3) is 4.61. The number of rotatable bonds is 6. The van der Waals surface area contributed by atoms with E-state index < -0.39 is 4.92 Å². The summed E-state index contributed by atoms with van der Waals surface area (Å²) < 4.78 is 10.7. The molecule has 8 nitrogen and oxygen atoms in total. The molecule has 0 saturated carbocycles. The van der Waals surface area contributed by atoms with Crippen LogP contribution in [-0.4, -0.2) is 40.6 Å². The van der Waals surface area contributed by atoms with Gasteiger partial charge in [0.2, 0.25) is 0 Å². The summed E-state index contributed by atoms with van der Waals surface area (Å²) >= 11 is 6.36. The van der Waals surface area contributed by atoms with Crippen LogP contribution < -0.4 is 9.47 Å². The second-order valence-electron chi connectivity index (χ2n) is 5.70. The van der Waals surface area contributed by atoms with Gasteiger partial charge in [-0.05, 0) is 36.0 Å². The van der Waals surface area contributed by atoms with Gasteiger partial charge in [0.1, 0.15) is 0 Å². The molecular formula is C19H15N3O5S2. The fraction of sp³-hybridized carbons (Fsp3) is 0.105. The Balaban J connectivity index is 1.82. The molecule has 2 aromatic rings. The van der Waals surface area contributed by atoms with Crippen molar-refractivity contribution in [2.24, 2.45) is 5.10 Å². The zero-order valence-corrected chi connectivity index (χ0v) is 17.0. The molecule has 0 bridgehead atoms. The van der Waals surface area contributed by atoms with E-state index in [0.29, 0.717) is 22.0 Å². The number of nitrogens with zero attached hydrogens (tertiary/aromatic N) is 3. The van der Waals surface area contributed by atoms with Gasteiger partial charge in [0.05, 0.1) is 30.3 Å². The van der Waals surface area contributed by atoms with E-state index in [9.17, 15) is 14.9 Å².